The summed E-state index contributed by atoms with van der Waals surface area (Å²) in [5.41, 5.74) is -0.682. The van der Waals surface area contributed by atoms with Gasteiger partial charge in [0.15, 0.2) is 0 Å². The van der Waals surface area contributed by atoms with E-state index in [2.05, 4.69) is 10.2 Å². The Morgan fingerprint density at radius 3 is 2.31 bits per heavy atom. The third-order valence-electron chi connectivity index (χ3n) is 1.54. The molecule has 94 valence electrons. The van der Waals surface area contributed by atoms with Crippen molar-refractivity contribution in [2.24, 2.45) is 5.90 Å². The quantitative estimate of drug-likeness (QED) is 0.399. The Morgan fingerprint density at radius 2 is 1.94 bits per heavy atom. The second-order valence-corrected chi connectivity index (χ2v) is 4.34. The summed E-state index contributed by atoms with van der Waals surface area (Å²) < 4.78 is 4.99. The molecule has 0 aromatic heterocycles. The van der Waals surface area contributed by atoms with Crippen LogP contribution >= 0.6 is 0 Å². The van der Waals surface area contributed by atoms with E-state index in [9.17, 15) is 9.59 Å². The standard InChI is InChI=1S/C10H20N2O4/c1-5-6-12-8(13)7(16-11)9(14)15-10(2,3)4/h7H,5-6,11H2,1-4H3,(H,12,13). The van der Waals surface area contributed by atoms with Gasteiger partial charge in [-0.05, 0) is 27.2 Å². The number of esters is 1. The molecule has 0 aromatic carbocycles. The molecule has 1 unspecified atom stereocenters. The molecule has 0 aliphatic rings. The number of carbonyl (C=O) groups excluding carboxylic acids is 2. The highest BCUT2D eigenvalue weighted by Gasteiger charge is 2.31. The van der Waals surface area contributed by atoms with Crippen molar-refractivity contribution in [2.75, 3.05) is 6.54 Å². The zero-order valence-corrected chi connectivity index (χ0v) is 10.2. The van der Waals surface area contributed by atoms with E-state index in [-0.39, 0.29) is 0 Å². The molecule has 1 amide bonds. The van der Waals surface area contributed by atoms with Crippen LogP contribution in [0.3, 0.4) is 0 Å². The number of ether oxygens (including phenoxy) is 1. The van der Waals surface area contributed by atoms with E-state index in [1.807, 2.05) is 6.92 Å². The van der Waals surface area contributed by atoms with E-state index in [4.69, 9.17) is 10.6 Å². The molecule has 0 heterocycles. The summed E-state index contributed by atoms with van der Waals surface area (Å²) in [6.45, 7) is 7.45. The van der Waals surface area contributed by atoms with Crippen molar-refractivity contribution < 1.29 is 19.2 Å². The summed E-state index contributed by atoms with van der Waals surface area (Å²) >= 11 is 0. The number of nitrogens with one attached hydrogen (secondary N) is 1. The normalized spacial score (nSPS) is 13.1. The second-order valence-electron chi connectivity index (χ2n) is 4.34. The monoisotopic (exact) mass is 232 g/mol. The fourth-order valence-corrected chi connectivity index (χ4v) is 0.921. The van der Waals surface area contributed by atoms with E-state index in [1.165, 1.54) is 0 Å². The Balaban J connectivity index is 4.37. The van der Waals surface area contributed by atoms with Crippen molar-refractivity contribution in [1.29, 1.82) is 0 Å². The molecular formula is C10H20N2O4. The van der Waals surface area contributed by atoms with Crippen LogP contribution in [0.25, 0.3) is 0 Å². The minimum atomic E-state index is -1.41. The average molecular weight is 232 g/mol. The molecule has 0 aliphatic carbocycles. The van der Waals surface area contributed by atoms with E-state index in [0.29, 0.717) is 6.54 Å². The lowest BCUT2D eigenvalue weighted by molar-refractivity contribution is -0.172. The number of hydrogen-bond donors (Lipinski definition) is 2. The van der Waals surface area contributed by atoms with Gasteiger partial charge < -0.3 is 10.1 Å². The molecule has 0 fully saturated rings. The van der Waals surface area contributed by atoms with Crippen molar-refractivity contribution in [1.82, 2.24) is 5.32 Å². The van der Waals surface area contributed by atoms with E-state index in [0.717, 1.165) is 6.42 Å². The van der Waals surface area contributed by atoms with E-state index >= 15 is 0 Å². The molecule has 0 radical (unpaired) electrons. The summed E-state index contributed by atoms with van der Waals surface area (Å²) in [6.07, 6.45) is -0.650. The van der Waals surface area contributed by atoms with Crippen LogP contribution in [0, 0.1) is 0 Å². The van der Waals surface area contributed by atoms with E-state index < -0.39 is 23.6 Å². The zero-order chi connectivity index (χ0) is 12.8. The maximum absolute atomic E-state index is 11.5. The summed E-state index contributed by atoms with van der Waals surface area (Å²) in [5, 5.41) is 2.51. The van der Waals surface area contributed by atoms with Crippen LogP contribution in [0.2, 0.25) is 0 Å². The number of nitrogens with two attached hydrogens (primary N) is 1. The number of rotatable bonds is 5. The second kappa shape index (κ2) is 6.44. The Hall–Kier alpha value is -1.14. The predicted octanol–water partition coefficient (Wildman–Crippen LogP) is 0.113. The molecule has 0 rings (SSSR count). The van der Waals surface area contributed by atoms with Gasteiger partial charge in [-0.3, -0.25) is 9.63 Å². The largest absolute Gasteiger partial charge is 0.458 e. The van der Waals surface area contributed by atoms with Crippen LogP contribution in [-0.4, -0.2) is 30.1 Å². The molecule has 16 heavy (non-hydrogen) atoms. The van der Waals surface area contributed by atoms with Gasteiger partial charge in [0.25, 0.3) is 12.0 Å². The maximum atomic E-state index is 11.5. The summed E-state index contributed by atoms with van der Waals surface area (Å²) in [7, 11) is 0. The third kappa shape index (κ3) is 5.67. The Kier molecular flexibility index (Phi) is 5.98. The number of carbonyl (C=O) groups is 2. The van der Waals surface area contributed by atoms with Crippen LogP contribution in [0.5, 0.6) is 0 Å². The summed E-state index contributed by atoms with van der Waals surface area (Å²) in [5.74, 6) is 3.53. The van der Waals surface area contributed by atoms with Gasteiger partial charge in [0.05, 0.1) is 0 Å². The molecule has 0 aromatic rings. The van der Waals surface area contributed by atoms with Crippen molar-refractivity contribution in [3.05, 3.63) is 0 Å². The topological polar surface area (TPSA) is 90.6 Å². The van der Waals surface area contributed by atoms with Gasteiger partial charge in [0.1, 0.15) is 5.60 Å². The highest BCUT2D eigenvalue weighted by atomic mass is 16.7. The number of hydrogen-bond acceptors (Lipinski definition) is 5. The van der Waals surface area contributed by atoms with Crippen molar-refractivity contribution in [2.45, 2.75) is 45.8 Å². The minimum absolute atomic E-state index is 0.460. The highest BCUT2D eigenvalue weighted by molar-refractivity contribution is 6.00. The van der Waals surface area contributed by atoms with Crippen LogP contribution in [-0.2, 0) is 19.2 Å². The summed E-state index contributed by atoms with van der Waals surface area (Å²) in [4.78, 5) is 27.3. The third-order valence-corrected chi connectivity index (χ3v) is 1.54. The SMILES string of the molecule is CCCNC(=O)C(ON)C(=O)OC(C)(C)C. The average Bonchev–Trinajstić information content (AvgIpc) is 2.12. The van der Waals surface area contributed by atoms with Crippen molar-refractivity contribution in [3.8, 4) is 0 Å². The van der Waals surface area contributed by atoms with Crippen LogP contribution in [0.15, 0.2) is 0 Å². The fourth-order valence-electron chi connectivity index (χ4n) is 0.921. The lowest BCUT2D eigenvalue weighted by Crippen LogP contribution is -2.46. The fraction of sp³-hybridized carbons (Fsp3) is 0.800. The summed E-state index contributed by atoms with van der Waals surface area (Å²) in [6, 6.07) is 0. The van der Waals surface area contributed by atoms with Crippen LogP contribution < -0.4 is 11.2 Å². The predicted molar refractivity (Wildman–Crippen MR) is 58.2 cm³/mol. The molecule has 6 heteroatoms. The Bertz CT molecular complexity index is 248. The molecule has 0 bridgehead atoms. The molecule has 0 saturated heterocycles. The highest BCUT2D eigenvalue weighted by Crippen LogP contribution is 2.09. The minimum Gasteiger partial charge on any atom is -0.458 e. The van der Waals surface area contributed by atoms with Gasteiger partial charge in [-0.15, -0.1) is 0 Å². The Labute approximate surface area is 95.4 Å². The van der Waals surface area contributed by atoms with Gasteiger partial charge in [-0.1, -0.05) is 6.92 Å². The molecule has 0 spiro atoms. The van der Waals surface area contributed by atoms with Gasteiger partial charge >= 0.3 is 5.97 Å². The molecule has 0 aliphatic heterocycles. The maximum Gasteiger partial charge on any atom is 0.347 e. The van der Waals surface area contributed by atoms with Crippen LogP contribution in [0.4, 0.5) is 0 Å². The molecular weight excluding hydrogens is 212 g/mol. The molecule has 6 nitrogen and oxygen atoms in total. The van der Waals surface area contributed by atoms with Gasteiger partial charge in [-0.25, -0.2) is 10.7 Å². The lowest BCUT2D eigenvalue weighted by atomic mass is 10.2. The van der Waals surface area contributed by atoms with Gasteiger partial charge in [0, 0.05) is 6.54 Å². The molecule has 1 atom stereocenters. The first-order valence-corrected chi connectivity index (χ1v) is 5.18. The molecule has 0 saturated carbocycles. The zero-order valence-electron chi connectivity index (χ0n) is 10.2. The van der Waals surface area contributed by atoms with E-state index in [1.54, 1.807) is 20.8 Å². The van der Waals surface area contributed by atoms with Crippen molar-refractivity contribution >= 4 is 11.9 Å². The smallest absolute Gasteiger partial charge is 0.347 e. The van der Waals surface area contributed by atoms with Gasteiger partial charge in [-0.2, -0.15) is 0 Å². The van der Waals surface area contributed by atoms with Crippen molar-refractivity contribution in [3.63, 3.8) is 0 Å². The first-order valence-electron chi connectivity index (χ1n) is 5.18. The lowest BCUT2D eigenvalue weighted by Gasteiger charge is -2.22. The van der Waals surface area contributed by atoms with Crippen LogP contribution in [0.1, 0.15) is 34.1 Å². The number of amides is 1. The molecule has 3 N–H and O–H groups in total. The first-order chi connectivity index (χ1) is 7.31. The Morgan fingerprint density at radius 1 is 1.38 bits per heavy atom. The first kappa shape index (κ1) is 14.9. The van der Waals surface area contributed by atoms with Gasteiger partial charge in [0.2, 0.25) is 0 Å².